The summed E-state index contributed by atoms with van der Waals surface area (Å²) in [7, 11) is 5.01. The second kappa shape index (κ2) is 4.85. The second-order valence-electron chi connectivity index (χ2n) is 2.45. The van der Waals surface area contributed by atoms with Crippen LogP contribution >= 0.6 is 0 Å². The first kappa shape index (κ1) is 10.1. The maximum absolute atomic E-state index is 12.0. The second-order valence-corrected chi connectivity index (χ2v) is 2.45. The fourth-order valence-corrected chi connectivity index (χ4v) is 0.657. The van der Waals surface area contributed by atoms with Crippen molar-refractivity contribution in [3.8, 4) is 0 Å². The van der Waals surface area contributed by atoms with E-state index in [2.05, 4.69) is 5.32 Å². The number of hydrogen-bond donors (Lipinski definition) is 1. The van der Waals surface area contributed by atoms with Crippen LogP contribution in [0.1, 0.15) is 0 Å². The molecule has 0 aromatic carbocycles. The van der Waals surface area contributed by atoms with E-state index in [0.717, 1.165) is 0 Å². The van der Waals surface area contributed by atoms with E-state index in [1.807, 2.05) is 0 Å². The molecule has 0 heterocycles. The van der Waals surface area contributed by atoms with Crippen LogP contribution in [0.3, 0.4) is 0 Å². The SMILES string of the molecule is CNC(=O)/C(=C\F)CN(C)C. The quantitative estimate of drug-likeness (QED) is 0.596. The zero-order valence-electron chi connectivity index (χ0n) is 7.02. The number of carbonyl (C=O) groups excluding carboxylic acids is 1. The van der Waals surface area contributed by atoms with Crippen LogP contribution in [-0.4, -0.2) is 38.5 Å². The molecule has 0 radical (unpaired) electrons. The van der Waals surface area contributed by atoms with Gasteiger partial charge in [-0.3, -0.25) is 4.79 Å². The Hall–Kier alpha value is -0.900. The van der Waals surface area contributed by atoms with Crippen molar-refractivity contribution in [3.05, 3.63) is 11.9 Å². The van der Waals surface area contributed by atoms with Crippen molar-refractivity contribution in [2.45, 2.75) is 0 Å². The summed E-state index contributed by atoms with van der Waals surface area (Å²) in [6.45, 7) is 0.316. The molecule has 64 valence electrons. The molecule has 0 aliphatic heterocycles. The van der Waals surface area contributed by atoms with Crippen LogP contribution in [0, 0.1) is 0 Å². The lowest BCUT2D eigenvalue weighted by atomic mass is 10.3. The van der Waals surface area contributed by atoms with Gasteiger partial charge in [-0.25, -0.2) is 4.39 Å². The van der Waals surface area contributed by atoms with Crippen molar-refractivity contribution < 1.29 is 9.18 Å². The van der Waals surface area contributed by atoms with E-state index in [9.17, 15) is 9.18 Å². The molecule has 0 aliphatic carbocycles. The Bertz CT molecular complexity index is 166. The molecule has 0 saturated heterocycles. The smallest absolute Gasteiger partial charge is 0.250 e. The first-order chi connectivity index (χ1) is 5.11. The minimum atomic E-state index is -0.374. The molecule has 0 aromatic heterocycles. The van der Waals surface area contributed by atoms with E-state index in [-0.39, 0.29) is 11.5 Å². The zero-order valence-corrected chi connectivity index (χ0v) is 7.02. The molecule has 0 fully saturated rings. The number of carbonyl (C=O) groups is 1. The summed E-state index contributed by atoms with van der Waals surface area (Å²) in [6.07, 6.45) is 0.332. The highest BCUT2D eigenvalue weighted by atomic mass is 19.1. The average molecular weight is 160 g/mol. The molecule has 0 unspecified atom stereocenters. The van der Waals surface area contributed by atoms with Crippen LogP contribution in [0.4, 0.5) is 4.39 Å². The lowest BCUT2D eigenvalue weighted by Gasteiger charge is -2.10. The predicted octanol–water partition coefficient (Wildman–Crippen LogP) is 0.147. The van der Waals surface area contributed by atoms with Gasteiger partial charge < -0.3 is 10.2 Å². The van der Waals surface area contributed by atoms with Gasteiger partial charge in [-0.05, 0) is 14.1 Å². The molecule has 0 saturated carbocycles. The van der Waals surface area contributed by atoms with E-state index in [1.54, 1.807) is 19.0 Å². The molecule has 0 rings (SSSR count). The topological polar surface area (TPSA) is 32.3 Å². The standard InChI is InChI=1S/C7H13FN2O/c1-9-7(11)6(4-8)5-10(2)3/h4H,5H2,1-3H3,(H,9,11)/b6-4-. The maximum Gasteiger partial charge on any atom is 0.250 e. The third-order valence-corrected chi connectivity index (χ3v) is 1.14. The zero-order chi connectivity index (χ0) is 8.85. The van der Waals surface area contributed by atoms with Gasteiger partial charge in [-0.15, -0.1) is 0 Å². The highest BCUT2D eigenvalue weighted by Gasteiger charge is 2.07. The number of hydrogen-bond acceptors (Lipinski definition) is 2. The maximum atomic E-state index is 12.0. The first-order valence-corrected chi connectivity index (χ1v) is 3.28. The molecule has 0 bridgehead atoms. The van der Waals surface area contributed by atoms with Crippen LogP contribution in [0.15, 0.2) is 11.9 Å². The van der Waals surface area contributed by atoms with E-state index in [4.69, 9.17) is 0 Å². The Morgan fingerprint density at radius 3 is 2.45 bits per heavy atom. The van der Waals surface area contributed by atoms with Crippen LogP contribution < -0.4 is 5.32 Å². The average Bonchev–Trinajstić information content (AvgIpc) is 1.98. The van der Waals surface area contributed by atoms with Gasteiger partial charge in [0.2, 0.25) is 0 Å². The number of nitrogens with zero attached hydrogens (tertiary/aromatic N) is 1. The Morgan fingerprint density at radius 1 is 1.64 bits per heavy atom. The van der Waals surface area contributed by atoms with E-state index in [1.165, 1.54) is 7.05 Å². The highest BCUT2D eigenvalue weighted by molar-refractivity contribution is 5.93. The summed E-state index contributed by atoms with van der Waals surface area (Å²) in [5, 5.41) is 2.35. The Morgan fingerprint density at radius 2 is 2.18 bits per heavy atom. The lowest BCUT2D eigenvalue weighted by molar-refractivity contribution is -0.117. The van der Waals surface area contributed by atoms with Crippen molar-refractivity contribution in [3.63, 3.8) is 0 Å². The van der Waals surface area contributed by atoms with E-state index < -0.39 is 0 Å². The van der Waals surface area contributed by atoms with Crippen molar-refractivity contribution in [1.29, 1.82) is 0 Å². The molecule has 0 atom stereocenters. The third kappa shape index (κ3) is 3.72. The molecular weight excluding hydrogens is 147 g/mol. The summed E-state index contributed by atoms with van der Waals surface area (Å²) in [5.41, 5.74) is 0.137. The minimum absolute atomic E-state index is 0.137. The van der Waals surface area contributed by atoms with Gasteiger partial charge in [-0.1, -0.05) is 0 Å². The summed E-state index contributed by atoms with van der Waals surface area (Å²) < 4.78 is 12.0. The fraction of sp³-hybridized carbons (Fsp3) is 0.571. The molecule has 0 aromatic rings. The molecular formula is C7H13FN2O. The fourth-order valence-electron chi connectivity index (χ4n) is 0.657. The summed E-state index contributed by atoms with van der Waals surface area (Å²) >= 11 is 0. The summed E-state index contributed by atoms with van der Waals surface area (Å²) in [4.78, 5) is 12.6. The summed E-state index contributed by atoms with van der Waals surface area (Å²) in [6, 6.07) is 0. The van der Waals surface area contributed by atoms with Crippen LogP contribution in [0.5, 0.6) is 0 Å². The Balaban J connectivity index is 4.09. The van der Waals surface area contributed by atoms with Crippen LogP contribution in [-0.2, 0) is 4.79 Å². The number of amides is 1. The molecule has 11 heavy (non-hydrogen) atoms. The number of rotatable bonds is 3. The molecule has 0 aliphatic rings. The van der Waals surface area contributed by atoms with Crippen LogP contribution in [0.25, 0.3) is 0 Å². The molecule has 3 nitrogen and oxygen atoms in total. The van der Waals surface area contributed by atoms with Crippen molar-refractivity contribution in [2.75, 3.05) is 27.7 Å². The Kier molecular flexibility index (Phi) is 4.45. The summed E-state index contributed by atoms with van der Waals surface area (Å²) in [5.74, 6) is -0.374. The van der Waals surface area contributed by atoms with E-state index in [0.29, 0.717) is 12.9 Å². The van der Waals surface area contributed by atoms with Gasteiger partial charge in [0.25, 0.3) is 5.91 Å². The lowest BCUT2D eigenvalue weighted by Crippen LogP contribution is -2.27. The van der Waals surface area contributed by atoms with Crippen LogP contribution in [0.2, 0.25) is 0 Å². The normalized spacial score (nSPS) is 11.9. The largest absolute Gasteiger partial charge is 0.355 e. The molecule has 0 spiro atoms. The number of nitrogens with one attached hydrogen (secondary N) is 1. The monoisotopic (exact) mass is 160 g/mol. The molecule has 1 amide bonds. The van der Waals surface area contributed by atoms with E-state index >= 15 is 0 Å². The first-order valence-electron chi connectivity index (χ1n) is 3.28. The predicted molar refractivity (Wildman–Crippen MR) is 41.8 cm³/mol. The van der Waals surface area contributed by atoms with Gasteiger partial charge in [0.15, 0.2) is 0 Å². The van der Waals surface area contributed by atoms with Crippen molar-refractivity contribution in [2.24, 2.45) is 0 Å². The third-order valence-electron chi connectivity index (χ3n) is 1.14. The minimum Gasteiger partial charge on any atom is -0.355 e. The van der Waals surface area contributed by atoms with Gasteiger partial charge in [0, 0.05) is 13.6 Å². The molecule has 4 heteroatoms. The van der Waals surface area contributed by atoms with Gasteiger partial charge in [-0.2, -0.15) is 0 Å². The number of likely N-dealkylation sites (N-methyl/N-ethyl adjacent to an activating group) is 2. The van der Waals surface area contributed by atoms with Crippen molar-refractivity contribution >= 4 is 5.91 Å². The van der Waals surface area contributed by atoms with Gasteiger partial charge in [0.1, 0.15) is 0 Å². The van der Waals surface area contributed by atoms with Crippen molar-refractivity contribution in [1.82, 2.24) is 10.2 Å². The Labute approximate surface area is 65.9 Å². The number of halogens is 1. The van der Waals surface area contributed by atoms with Gasteiger partial charge in [0.05, 0.1) is 11.9 Å². The highest BCUT2D eigenvalue weighted by Crippen LogP contribution is 1.96. The van der Waals surface area contributed by atoms with Gasteiger partial charge >= 0.3 is 0 Å². The molecule has 1 N–H and O–H groups in total.